The van der Waals surface area contributed by atoms with E-state index in [1.54, 1.807) is 0 Å². The number of unbranched alkanes of at least 4 members (excludes halogenated alkanes) is 3. The summed E-state index contributed by atoms with van der Waals surface area (Å²) in [6.45, 7) is 8.47. The van der Waals surface area contributed by atoms with Gasteiger partial charge in [0, 0.05) is 19.6 Å². The van der Waals surface area contributed by atoms with Crippen LogP contribution in [0.2, 0.25) is 0 Å². The zero-order valence-electron chi connectivity index (χ0n) is 20.6. The monoisotopic (exact) mass is 435 g/mol. The molecule has 0 aromatic heterocycles. The maximum Gasteiger partial charge on any atom is 0.0234 e. The minimum Gasteiger partial charge on any atom is -0.308 e. The summed E-state index contributed by atoms with van der Waals surface area (Å²) in [7, 11) is 4.34. The second-order valence-corrected chi connectivity index (χ2v) is 9.95. The molecular weight excluding hydrogens is 390 g/mol. The summed E-state index contributed by atoms with van der Waals surface area (Å²) >= 11 is 0. The molecule has 2 aromatic carbocycles. The molecule has 32 heavy (non-hydrogen) atoms. The lowest BCUT2D eigenvalue weighted by Gasteiger charge is -2.32. The molecule has 1 aliphatic heterocycles. The van der Waals surface area contributed by atoms with Crippen LogP contribution in [0.1, 0.15) is 49.7 Å². The number of likely N-dealkylation sites (N-methyl/N-ethyl adjacent to an activating group) is 1. The molecule has 3 nitrogen and oxygen atoms in total. The Bertz CT molecular complexity index is 708. The first-order valence-corrected chi connectivity index (χ1v) is 12.9. The number of hydrogen-bond acceptors (Lipinski definition) is 3. The molecule has 0 spiro atoms. The molecule has 1 saturated heterocycles. The van der Waals surface area contributed by atoms with E-state index in [0.717, 1.165) is 25.6 Å². The van der Waals surface area contributed by atoms with Crippen LogP contribution in [0.15, 0.2) is 60.7 Å². The molecule has 3 heteroatoms. The number of nitrogens with zero attached hydrogens (tertiary/aromatic N) is 3. The maximum atomic E-state index is 2.71. The van der Waals surface area contributed by atoms with E-state index in [0.29, 0.717) is 0 Å². The minimum atomic E-state index is 0.881. The zero-order chi connectivity index (χ0) is 22.4. The summed E-state index contributed by atoms with van der Waals surface area (Å²) < 4.78 is 0. The van der Waals surface area contributed by atoms with Crippen molar-refractivity contribution in [3.8, 4) is 0 Å². The highest BCUT2D eigenvalue weighted by molar-refractivity contribution is 5.15. The summed E-state index contributed by atoms with van der Waals surface area (Å²) in [4.78, 5) is 7.63. The van der Waals surface area contributed by atoms with Crippen molar-refractivity contribution in [2.45, 2.75) is 51.5 Å². The number of likely N-dealkylation sites (tertiary alicyclic amines) is 1. The second kappa shape index (κ2) is 14.5. The van der Waals surface area contributed by atoms with Crippen molar-refractivity contribution in [3.05, 3.63) is 71.8 Å². The summed E-state index contributed by atoms with van der Waals surface area (Å²) in [5, 5.41) is 0. The fourth-order valence-corrected chi connectivity index (χ4v) is 4.84. The molecule has 0 atom stereocenters. The van der Waals surface area contributed by atoms with Crippen LogP contribution in [0.4, 0.5) is 0 Å². The molecule has 0 radical (unpaired) electrons. The first kappa shape index (κ1) is 25.0. The molecule has 3 rings (SSSR count). The van der Waals surface area contributed by atoms with Crippen molar-refractivity contribution >= 4 is 0 Å². The van der Waals surface area contributed by atoms with Crippen LogP contribution in [0, 0.1) is 5.92 Å². The van der Waals surface area contributed by atoms with Gasteiger partial charge in [-0.05, 0) is 89.4 Å². The Morgan fingerprint density at radius 1 is 0.719 bits per heavy atom. The van der Waals surface area contributed by atoms with Crippen LogP contribution >= 0.6 is 0 Å². The molecule has 0 N–H and O–H groups in total. The average molecular weight is 436 g/mol. The lowest BCUT2D eigenvalue weighted by atomic mass is 9.90. The van der Waals surface area contributed by atoms with E-state index in [-0.39, 0.29) is 0 Å². The second-order valence-electron chi connectivity index (χ2n) is 9.95. The molecule has 0 saturated carbocycles. The highest BCUT2D eigenvalue weighted by Gasteiger charge is 2.19. The summed E-state index contributed by atoms with van der Waals surface area (Å²) in [5.74, 6) is 0.881. The van der Waals surface area contributed by atoms with E-state index >= 15 is 0 Å². The zero-order valence-corrected chi connectivity index (χ0v) is 20.6. The quantitative estimate of drug-likeness (QED) is 0.359. The Labute approximate surface area is 197 Å². The molecule has 1 heterocycles. The van der Waals surface area contributed by atoms with Gasteiger partial charge >= 0.3 is 0 Å². The third-order valence-corrected chi connectivity index (χ3v) is 6.89. The highest BCUT2D eigenvalue weighted by Crippen LogP contribution is 2.22. The highest BCUT2D eigenvalue weighted by atomic mass is 15.2. The predicted octanol–water partition coefficient (Wildman–Crippen LogP) is 5.57. The van der Waals surface area contributed by atoms with E-state index in [9.17, 15) is 0 Å². The normalized spacial score (nSPS) is 15.6. The lowest BCUT2D eigenvalue weighted by Crippen LogP contribution is -2.35. The Morgan fingerprint density at radius 2 is 1.34 bits per heavy atom. The van der Waals surface area contributed by atoms with Crippen molar-refractivity contribution in [2.75, 3.05) is 53.4 Å². The molecule has 176 valence electrons. The van der Waals surface area contributed by atoms with Gasteiger partial charge in [-0.25, -0.2) is 0 Å². The lowest BCUT2D eigenvalue weighted by molar-refractivity contribution is 0.180. The number of benzene rings is 2. The fourth-order valence-electron chi connectivity index (χ4n) is 4.84. The molecule has 1 fully saturated rings. The van der Waals surface area contributed by atoms with E-state index in [1.807, 2.05) is 0 Å². The molecule has 0 unspecified atom stereocenters. The van der Waals surface area contributed by atoms with Crippen LogP contribution in [0.5, 0.6) is 0 Å². The Morgan fingerprint density at radius 3 is 2.00 bits per heavy atom. The van der Waals surface area contributed by atoms with Gasteiger partial charge in [-0.3, -0.25) is 4.90 Å². The third-order valence-electron chi connectivity index (χ3n) is 6.89. The van der Waals surface area contributed by atoms with Gasteiger partial charge in [0.2, 0.25) is 0 Å². The maximum absolute atomic E-state index is 2.71. The van der Waals surface area contributed by atoms with Gasteiger partial charge in [0.25, 0.3) is 0 Å². The molecular formula is C29H45N3. The average Bonchev–Trinajstić information content (AvgIpc) is 2.82. The number of hydrogen-bond donors (Lipinski definition) is 0. The first-order chi connectivity index (χ1) is 15.7. The summed E-state index contributed by atoms with van der Waals surface area (Å²) in [6.07, 6.45) is 9.42. The van der Waals surface area contributed by atoms with Gasteiger partial charge < -0.3 is 9.80 Å². The Balaban J connectivity index is 1.26. The van der Waals surface area contributed by atoms with Crippen molar-refractivity contribution in [2.24, 2.45) is 5.92 Å². The van der Waals surface area contributed by atoms with Crippen LogP contribution in [-0.4, -0.2) is 68.1 Å². The van der Waals surface area contributed by atoms with Crippen molar-refractivity contribution in [3.63, 3.8) is 0 Å². The van der Waals surface area contributed by atoms with Crippen LogP contribution in [-0.2, 0) is 13.0 Å². The molecule has 0 amide bonds. The smallest absolute Gasteiger partial charge is 0.0234 e. The first-order valence-electron chi connectivity index (χ1n) is 12.9. The molecule has 2 aromatic rings. The van der Waals surface area contributed by atoms with E-state index in [2.05, 4.69) is 89.5 Å². The van der Waals surface area contributed by atoms with E-state index in [4.69, 9.17) is 0 Å². The van der Waals surface area contributed by atoms with Crippen LogP contribution < -0.4 is 0 Å². The van der Waals surface area contributed by atoms with Crippen LogP contribution in [0.3, 0.4) is 0 Å². The molecule has 0 aliphatic carbocycles. The van der Waals surface area contributed by atoms with Crippen molar-refractivity contribution in [1.82, 2.24) is 14.7 Å². The summed E-state index contributed by atoms with van der Waals surface area (Å²) in [6, 6.07) is 22.0. The SMILES string of the molecule is CN(C)CCN(CCCCCCN1CCC(Cc2ccccc2)CC1)Cc1ccccc1. The third kappa shape index (κ3) is 9.85. The van der Waals surface area contributed by atoms with E-state index < -0.39 is 0 Å². The Kier molecular flexibility index (Phi) is 11.3. The van der Waals surface area contributed by atoms with Gasteiger partial charge in [-0.15, -0.1) is 0 Å². The summed E-state index contributed by atoms with van der Waals surface area (Å²) in [5.41, 5.74) is 2.94. The van der Waals surface area contributed by atoms with Gasteiger partial charge in [-0.2, -0.15) is 0 Å². The number of rotatable bonds is 14. The Hall–Kier alpha value is -1.68. The largest absolute Gasteiger partial charge is 0.308 e. The molecule has 1 aliphatic rings. The number of piperidine rings is 1. The van der Waals surface area contributed by atoms with Gasteiger partial charge in [-0.1, -0.05) is 73.5 Å². The fraction of sp³-hybridized carbons (Fsp3) is 0.586. The topological polar surface area (TPSA) is 9.72 Å². The van der Waals surface area contributed by atoms with Crippen molar-refractivity contribution < 1.29 is 0 Å². The van der Waals surface area contributed by atoms with Gasteiger partial charge in [0.05, 0.1) is 0 Å². The van der Waals surface area contributed by atoms with Crippen LogP contribution in [0.25, 0.3) is 0 Å². The predicted molar refractivity (Wildman–Crippen MR) is 138 cm³/mol. The van der Waals surface area contributed by atoms with Gasteiger partial charge in [0.15, 0.2) is 0 Å². The van der Waals surface area contributed by atoms with Crippen molar-refractivity contribution in [1.29, 1.82) is 0 Å². The standard InChI is InChI=1S/C29H45N3/c1-30(2)23-24-32(26-29-15-9-6-10-16-29)20-12-4-3-11-19-31-21-17-28(18-22-31)25-27-13-7-5-8-14-27/h5-10,13-16,28H,3-4,11-12,17-26H2,1-2H3. The minimum absolute atomic E-state index is 0.881. The van der Waals surface area contributed by atoms with Gasteiger partial charge in [0.1, 0.15) is 0 Å². The molecule has 0 bridgehead atoms. The van der Waals surface area contributed by atoms with E-state index in [1.165, 1.54) is 82.3 Å².